The summed E-state index contributed by atoms with van der Waals surface area (Å²) in [5.74, 6) is 0. The molecule has 6 heteroatoms. The number of hydrogen-bond donors (Lipinski definition) is 2. The van der Waals surface area contributed by atoms with Crippen molar-refractivity contribution in [1.82, 2.24) is 5.23 Å². The number of nitrogens with one attached hydrogen (secondary N) is 1. The Morgan fingerprint density at radius 1 is 2.00 bits per heavy atom. The van der Waals surface area contributed by atoms with Gasteiger partial charge in [-0.3, -0.25) is 0 Å². The van der Waals surface area contributed by atoms with Crippen LogP contribution in [0.3, 0.4) is 0 Å². The minimum absolute atomic E-state index is 0.274. The van der Waals surface area contributed by atoms with Crippen LogP contribution in [-0.4, -0.2) is 32.0 Å². The molecule has 0 amide bonds. The number of rotatable bonds is 4. The van der Waals surface area contributed by atoms with Crippen LogP contribution < -0.4 is 5.23 Å². The zero-order valence-electron chi connectivity index (χ0n) is 5.24. The molecule has 0 rings (SSSR count). The molecule has 0 aromatic rings. The molecule has 0 fully saturated rings. The Labute approximate surface area is 54.8 Å². The Hall–Kier alpha value is -0.480. The predicted octanol–water partition coefficient (Wildman–Crippen LogP) is -1.28. The van der Waals surface area contributed by atoms with Crippen LogP contribution >= 0.6 is 0 Å². The van der Waals surface area contributed by atoms with Crippen molar-refractivity contribution in [3.63, 3.8) is 0 Å². The number of hydrogen-bond acceptors (Lipinski definition) is 4. The van der Waals surface area contributed by atoms with Crippen molar-refractivity contribution in [2.45, 2.75) is 6.82 Å². The van der Waals surface area contributed by atoms with Crippen molar-refractivity contribution in [1.29, 1.82) is 0 Å². The summed E-state index contributed by atoms with van der Waals surface area (Å²) in [6.07, 6.45) is 1.13. The van der Waals surface area contributed by atoms with Gasteiger partial charge in [-0.25, -0.2) is 0 Å². The SMILES string of the molecule is CB(O)NC/N=C\B=O. The van der Waals surface area contributed by atoms with Crippen molar-refractivity contribution in [2.24, 2.45) is 4.99 Å². The fourth-order valence-corrected chi connectivity index (χ4v) is 0.281. The van der Waals surface area contributed by atoms with E-state index in [0.29, 0.717) is 7.15 Å². The van der Waals surface area contributed by atoms with Crippen molar-refractivity contribution in [3.8, 4) is 0 Å². The van der Waals surface area contributed by atoms with E-state index in [1.54, 1.807) is 6.82 Å². The van der Waals surface area contributed by atoms with Crippen LogP contribution in [0.5, 0.6) is 0 Å². The third-order valence-electron chi connectivity index (χ3n) is 0.644. The van der Waals surface area contributed by atoms with E-state index >= 15 is 0 Å². The van der Waals surface area contributed by atoms with Gasteiger partial charge in [0.25, 0.3) is 0 Å². The molecule has 0 spiro atoms. The van der Waals surface area contributed by atoms with Crippen LogP contribution in [0, 0.1) is 0 Å². The molecule has 4 nitrogen and oxygen atoms in total. The van der Waals surface area contributed by atoms with Crippen LogP contribution in [0.15, 0.2) is 4.99 Å². The van der Waals surface area contributed by atoms with Gasteiger partial charge in [-0.1, -0.05) is 0 Å². The molecule has 0 heterocycles. The summed E-state index contributed by atoms with van der Waals surface area (Å²) in [5, 5.41) is 11.2. The van der Waals surface area contributed by atoms with E-state index in [4.69, 9.17) is 5.02 Å². The summed E-state index contributed by atoms with van der Waals surface area (Å²) in [6, 6.07) is 0. The van der Waals surface area contributed by atoms with Crippen LogP contribution in [-0.2, 0) is 4.70 Å². The molecule has 0 saturated heterocycles. The third kappa shape index (κ3) is 7.52. The van der Waals surface area contributed by atoms with Crippen LogP contribution in [0.2, 0.25) is 6.82 Å². The van der Waals surface area contributed by atoms with E-state index in [1.807, 2.05) is 0 Å². The van der Waals surface area contributed by atoms with Crippen LogP contribution in [0.25, 0.3) is 0 Å². The summed E-state index contributed by atoms with van der Waals surface area (Å²) < 4.78 is 9.61. The Balaban J connectivity index is 3.08. The fourth-order valence-electron chi connectivity index (χ4n) is 0.281. The van der Waals surface area contributed by atoms with Gasteiger partial charge >= 0.3 is 53.8 Å². The normalized spacial score (nSPS) is 9.56. The van der Waals surface area contributed by atoms with Crippen molar-refractivity contribution < 1.29 is 9.73 Å². The molecule has 48 valence electrons. The molecule has 0 aliphatic rings. The van der Waals surface area contributed by atoms with E-state index < -0.39 is 7.05 Å². The van der Waals surface area contributed by atoms with E-state index in [1.165, 1.54) is 0 Å². The Morgan fingerprint density at radius 3 is 3.11 bits per heavy atom. The quantitative estimate of drug-likeness (QED) is 0.364. The molecule has 2 N–H and O–H groups in total. The average molecular weight is 126 g/mol. The van der Waals surface area contributed by atoms with Gasteiger partial charge in [0.15, 0.2) is 0 Å². The zero-order valence-corrected chi connectivity index (χ0v) is 5.24. The monoisotopic (exact) mass is 126 g/mol. The van der Waals surface area contributed by atoms with Gasteiger partial charge in [0, 0.05) is 0 Å². The number of aliphatic imine (C=N–C) groups is 1. The predicted molar refractivity (Wildman–Crippen MR) is 36.8 cm³/mol. The zero-order chi connectivity index (χ0) is 7.11. The maximum atomic E-state index is 9.61. The number of nitrogens with zero attached hydrogens (tertiary/aromatic N) is 1. The second-order valence-electron chi connectivity index (χ2n) is 1.51. The van der Waals surface area contributed by atoms with Crippen LogP contribution in [0.4, 0.5) is 0 Å². The van der Waals surface area contributed by atoms with Crippen molar-refractivity contribution in [3.05, 3.63) is 0 Å². The first-order valence-corrected chi connectivity index (χ1v) is 2.62. The molecule has 0 unspecified atom stereocenters. The van der Waals surface area contributed by atoms with E-state index in [2.05, 4.69) is 10.2 Å². The Bertz CT molecular complexity index is 106. The standard InChI is InChI=1S/C3H8B2N2O2/c1-5(9)7-3-6-2-4-8/h2,7,9H,3H2,1H3/b6-2-. The minimum atomic E-state index is -0.575. The maximum absolute atomic E-state index is 9.61. The van der Waals surface area contributed by atoms with Gasteiger partial charge < -0.3 is 0 Å². The van der Waals surface area contributed by atoms with Gasteiger partial charge in [0.1, 0.15) is 0 Å². The summed E-state index contributed by atoms with van der Waals surface area (Å²) in [4.78, 5) is 3.57. The molecular formula is C3H8B2N2O2. The van der Waals surface area contributed by atoms with Gasteiger partial charge in [0.05, 0.1) is 0 Å². The van der Waals surface area contributed by atoms with Crippen LogP contribution in [0.1, 0.15) is 0 Å². The third-order valence-corrected chi connectivity index (χ3v) is 0.644. The molecule has 0 bridgehead atoms. The van der Waals surface area contributed by atoms with E-state index in [0.717, 1.165) is 6.11 Å². The average Bonchev–Trinajstić information content (AvgIpc) is 1.80. The molecule has 0 aliphatic carbocycles. The fraction of sp³-hybridized carbons (Fsp3) is 0.667. The first-order chi connectivity index (χ1) is 4.27. The van der Waals surface area contributed by atoms with E-state index in [-0.39, 0.29) is 6.67 Å². The van der Waals surface area contributed by atoms with Gasteiger partial charge in [0.2, 0.25) is 0 Å². The van der Waals surface area contributed by atoms with Crippen molar-refractivity contribution >= 4 is 20.3 Å². The molecule has 0 aromatic heterocycles. The van der Waals surface area contributed by atoms with Gasteiger partial charge in [-0.05, 0) is 0 Å². The first-order valence-electron chi connectivity index (χ1n) is 2.62. The molecule has 0 atom stereocenters. The Morgan fingerprint density at radius 2 is 2.67 bits per heavy atom. The van der Waals surface area contributed by atoms with Crippen molar-refractivity contribution in [2.75, 3.05) is 6.67 Å². The second-order valence-corrected chi connectivity index (χ2v) is 1.51. The summed E-state index contributed by atoms with van der Waals surface area (Å²) >= 11 is 0. The molecule has 0 radical (unpaired) electrons. The molecule has 0 saturated carbocycles. The molecule has 0 aromatic carbocycles. The topological polar surface area (TPSA) is 61.7 Å². The molecule has 0 aliphatic heterocycles. The Kier molecular flexibility index (Phi) is 5.35. The van der Waals surface area contributed by atoms with Gasteiger partial charge in [-0.15, -0.1) is 0 Å². The molecular weight excluding hydrogens is 118 g/mol. The summed E-state index contributed by atoms with van der Waals surface area (Å²) in [5.41, 5.74) is 0. The summed E-state index contributed by atoms with van der Waals surface area (Å²) in [6.45, 7) is 1.85. The molecule has 9 heavy (non-hydrogen) atoms. The second kappa shape index (κ2) is 5.65. The summed E-state index contributed by atoms with van der Waals surface area (Å²) in [7, 11) is 0.0118. The van der Waals surface area contributed by atoms with E-state index in [9.17, 15) is 4.70 Å². The van der Waals surface area contributed by atoms with Gasteiger partial charge in [-0.2, -0.15) is 0 Å². The first kappa shape index (κ1) is 8.52.